The van der Waals surface area contributed by atoms with Gasteiger partial charge in [-0.05, 0) is 12.8 Å². The van der Waals surface area contributed by atoms with Crippen molar-refractivity contribution in [1.29, 1.82) is 0 Å². The van der Waals surface area contributed by atoms with Gasteiger partial charge in [-0.2, -0.15) is 0 Å². The number of hydrogen-bond donors (Lipinski definition) is 3. The monoisotopic (exact) mass is 428 g/mol. The van der Waals surface area contributed by atoms with Crippen LogP contribution in [0.5, 0.6) is 0 Å². The number of carbonyl (C=O) groups is 1. The van der Waals surface area contributed by atoms with Crippen LogP contribution in [0.2, 0.25) is 0 Å². The summed E-state index contributed by atoms with van der Waals surface area (Å²) in [4.78, 5) is 9.25. The third kappa shape index (κ3) is 34.6. The molecule has 0 amide bonds. The molecule has 0 fully saturated rings. The highest BCUT2D eigenvalue weighted by Crippen LogP contribution is 2.14. The van der Waals surface area contributed by atoms with E-state index in [2.05, 4.69) is 6.58 Å². The maximum Gasteiger partial charge on any atom is 0.327 e. The summed E-state index contributed by atoms with van der Waals surface area (Å²) in [5.74, 6) is -0.981. The summed E-state index contributed by atoms with van der Waals surface area (Å²) in [5, 5.41) is 25.0. The van der Waals surface area contributed by atoms with Gasteiger partial charge in [-0.1, -0.05) is 129 Å². The first kappa shape index (κ1) is 31.3. The Morgan fingerprint density at radius 1 is 0.467 bits per heavy atom. The molecule has 0 spiro atoms. The van der Waals surface area contributed by atoms with Gasteiger partial charge >= 0.3 is 5.97 Å². The number of hydrogen-bond acceptors (Lipinski definition) is 3. The lowest BCUT2D eigenvalue weighted by molar-refractivity contribution is -0.131. The van der Waals surface area contributed by atoms with Crippen LogP contribution in [0.15, 0.2) is 12.7 Å². The molecule has 0 saturated heterocycles. The molecule has 4 heteroatoms. The van der Waals surface area contributed by atoms with Gasteiger partial charge in [0.2, 0.25) is 0 Å². The lowest BCUT2D eigenvalue weighted by atomic mass is 10.0. The molecule has 0 aromatic rings. The van der Waals surface area contributed by atoms with E-state index >= 15 is 0 Å². The first-order chi connectivity index (χ1) is 14.7. The average molecular weight is 429 g/mol. The third-order valence-electron chi connectivity index (χ3n) is 5.49. The standard InChI is InChI=1S/C23H48O2.C3H4O2/c24-22-20-18-16-14-12-10-8-6-4-2-1-3-5-7-9-11-13-15-17-19-21-23-25;1-2-3(4)5/h24-25H,1-23H2;2H,1H2,(H,4,5). The van der Waals surface area contributed by atoms with E-state index in [0.29, 0.717) is 13.2 Å². The van der Waals surface area contributed by atoms with Gasteiger partial charge in [-0.3, -0.25) is 0 Å². The van der Waals surface area contributed by atoms with Crippen molar-refractivity contribution in [3.05, 3.63) is 12.7 Å². The van der Waals surface area contributed by atoms with Crippen LogP contribution in [0.4, 0.5) is 0 Å². The van der Waals surface area contributed by atoms with Gasteiger partial charge in [0.1, 0.15) is 0 Å². The Morgan fingerprint density at radius 3 is 0.700 bits per heavy atom. The number of aliphatic carboxylic acids is 1. The van der Waals surface area contributed by atoms with Gasteiger partial charge in [0, 0.05) is 19.3 Å². The van der Waals surface area contributed by atoms with E-state index in [1.165, 1.54) is 122 Å². The quantitative estimate of drug-likeness (QED) is 0.117. The zero-order valence-corrected chi connectivity index (χ0v) is 19.8. The zero-order valence-electron chi connectivity index (χ0n) is 19.8. The second-order valence-electron chi connectivity index (χ2n) is 8.41. The fourth-order valence-corrected chi connectivity index (χ4v) is 3.58. The van der Waals surface area contributed by atoms with Crippen LogP contribution in [0.1, 0.15) is 135 Å². The number of carboxylic acids is 1. The minimum atomic E-state index is -0.981. The Kier molecular flexibility index (Phi) is 31.7. The molecule has 0 aliphatic heterocycles. The molecule has 0 bridgehead atoms. The van der Waals surface area contributed by atoms with Gasteiger partial charge in [-0.25, -0.2) is 4.79 Å². The van der Waals surface area contributed by atoms with Gasteiger partial charge in [0.25, 0.3) is 0 Å². The Morgan fingerprint density at radius 2 is 0.600 bits per heavy atom. The molecular formula is C26H52O4. The molecule has 0 rings (SSSR count). The van der Waals surface area contributed by atoms with Crippen molar-refractivity contribution >= 4 is 5.97 Å². The van der Waals surface area contributed by atoms with Crippen molar-refractivity contribution in [1.82, 2.24) is 0 Å². The predicted molar refractivity (Wildman–Crippen MR) is 129 cm³/mol. The highest BCUT2D eigenvalue weighted by atomic mass is 16.4. The number of aliphatic hydroxyl groups is 2. The van der Waals surface area contributed by atoms with E-state index in [1.54, 1.807) is 0 Å². The van der Waals surface area contributed by atoms with Crippen LogP contribution in [-0.2, 0) is 4.79 Å². The summed E-state index contributed by atoms with van der Waals surface area (Å²) in [6, 6.07) is 0. The van der Waals surface area contributed by atoms with Crippen LogP contribution in [0.25, 0.3) is 0 Å². The van der Waals surface area contributed by atoms with Crippen LogP contribution in [-0.4, -0.2) is 34.5 Å². The van der Waals surface area contributed by atoms with Crippen molar-refractivity contribution < 1.29 is 20.1 Å². The van der Waals surface area contributed by atoms with Crippen molar-refractivity contribution in [2.24, 2.45) is 0 Å². The summed E-state index contributed by atoms with van der Waals surface area (Å²) >= 11 is 0. The molecule has 30 heavy (non-hydrogen) atoms. The molecule has 0 unspecified atom stereocenters. The topological polar surface area (TPSA) is 77.8 Å². The highest BCUT2D eigenvalue weighted by Gasteiger charge is 1.95. The van der Waals surface area contributed by atoms with Gasteiger partial charge < -0.3 is 15.3 Å². The molecule has 0 heterocycles. The number of aliphatic hydroxyl groups excluding tert-OH is 2. The van der Waals surface area contributed by atoms with Crippen LogP contribution in [0.3, 0.4) is 0 Å². The Labute approximate surface area is 187 Å². The number of carboxylic acid groups (broad SMARTS) is 1. The van der Waals surface area contributed by atoms with Gasteiger partial charge in [-0.15, -0.1) is 0 Å². The van der Waals surface area contributed by atoms with E-state index < -0.39 is 5.97 Å². The second-order valence-corrected chi connectivity index (χ2v) is 8.41. The molecule has 3 N–H and O–H groups in total. The predicted octanol–water partition coefficient (Wildman–Crippen LogP) is 7.42. The van der Waals surface area contributed by atoms with E-state index in [0.717, 1.165) is 18.9 Å². The first-order valence-corrected chi connectivity index (χ1v) is 12.8. The van der Waals surface area contributed by atoms with Crippen LogP contribution in [0, 0.1) is 0 Å². The number of unbranched alkanes of at least 4 members (excludes halogenated alkanes) is 20. The lowest BCUT2D eigenvalue weighted by Crippen LogP contribution is -1.85. The molecule has 0 aliphatic rings. The highest BCUT2D eigenvalue weighted by molar-refractivity contribution is 5.78. The fraction of sp³-hybridized carbons (Fsp3) is 0.885. The normalized spacial score (nSPS) is 10.5. The molecular weight excluding hydrogens is 376 g/mol. The third-order valence-corrected chi connectivity index (χ3v) is 5.49. The molecule has 0 aromatic heterocycles. The summed E-state index contributed by atoms with van der Waals surface area (Å²) in [6.07, 6.45) is 29.2. The van der Waals surface area contributed by atoms with E-state index in [-0.39, 0.29) is 0 Å². The zero-order chi connectivity index (χ0) is 22.5. The molecule has 0 aromatic carbocycles. The largest absolute Gasteiger partial charge is 0.478 e. The molecule has 4 nitrogen and oxygen atoms in total. The lowest BCUT2D eigenvalue weighted by Gasteiger charge is -2.04. The molecule has 0 aliphatic carbocycles. The molecule has 0 saturated carbocycles. The summed E-state index contributed by atoms with van der Waals surface area (Å²) in [7, 11) is 0. The fourth-order valence-electron chi connectivity index (χ4n) is 3.58. The Balaban J connectivity index is 0. The molecule has 180 valence electrons. The number of rotatable bonds is 23. The Hall–Kier alpha value is -0.870. The maximum absolute atomic E-state index is 9.25. The van der Waals surface area contributed by atoms with Crippen molar-refractivity contribution in [3.8, 4) is 0 Å². The summed E-state index contributed by atoms with van der Waals surface area (Å²) < 4.78 is 0. The van der Waals surface area contributed by atoms with E-state index in [4.69, 9.17) is 15.3 Å². The average Bonchev–Trinajstić information content (AvgIpc) is 2.75. The minimum Gasteiger partial charge on any atom is -0.478 e. The van der Waals surface area contributed by atoms with E-state index in [9.17, 15) is 4.79 Å². The smallest absolute Gasteiger partial charge is 0.327 e. The maximum atomic E-state index is 9.25. The first-order valence-electron chi connectivity index (χ1n) is 12.8. The van der Waals surface area contributed by atoms with Crippen molar-refractivity contribution in [2.75, 3.05) is 13.2 Å². The van der Waals surface area contributed by atoms with E-state index in [1.807, 2.05) is 0 Å². The summed E-state index contributed by atoms with van der Waals surface area (Å²) in [5.41, 5.74) is 0. The summed E-state index contributed by atoms with van der Waals surface area (Å²) in [6.45, 7) is 3.70. The van der Waals surface area contributed by atoms with Crippen LogP contribution < -0.4 is 0 Å². The van der Waals surface area contributed by atoms with Gasteiger partial charge in [0.05, 0.1) is 0 Å². The SMILES string of the molecule is C=CC(=O)O.OCCCCCCCCCCCCCCCCCCCCCCCO. The minimum absolute atomic E-state index is 0.367. The van der Waals surface area contributed by atoms with Crippen molar-refractivity contribution in [3.63, 3.8) is 0 Å². The van der Waals surface area contributed by atoms with Gasteiger partial charge in [0.15, 0.2) is 0 Å². The Bertz CT molecular complexity index is 309. The van der Waals surface area contributed by atoms with Crippen molar-refractivity contribution in [2.45, 2.75) is 135 Å². The molecule has 0 atom stereocenters. The second kappa shape index (κ2) is 30.3. The molecule has 0 radical (unpaired) electrons. The van der Waals surface area contributed by atoms with Crippen LogP contribution >= 0.6 is 0 Å².